The maximum atomic E-state index is 11.8. The van der Waals surface area contributed by atoms with Gasteiger partial charge >= 0.3 is 12.1 Å². The van der Waals surface area contributed by atoms with E-state index in [1.54, 1.807) is 0 Å². The first-order valence-electron chi connectivity index (χ1n) is 5.46. The van der Waals surface area contributed by atoms with Gasteiger partial charge in [-0.1, -0.05) is 0 Å². The van der Waals surface area contributed by atoms with Crippen molar-refractivity contribution in [2.24, 2.45) is 0 Å². The summed E-state index contributed by atoms with van der Waals surface area (Å²) in [5.41, 5.74) is 0.0591. The highest BCUT2D eigenvalue weighted by molar-refractivity contribution is 5.87. The topological polar surface area (TPSA) is 62.5 Å². The summed E-state index contributed by atoms with van der Waals surface area (Å²) in [4.78, 5) is 10.5. The van der Waals surface area contributed by atoms with Crippen molar-refractivity contribution in [2.75, 3.05) is 6.54 Å². The number of halogens is 3. The number of carboxylic acid groups (broad SMARTS) is 1. The zero-order chi connectivity index (χ0) is 13.6. The van der Waals surface area contributed by atoms with Crippen LogP contribution in [0.25, 0.3) is 0 Å². The van der Waals surface area contributed by atoms with Crippen LogP contribution in [0.15, 0.2) is 16.7 Å². The van der Waals surface area contributed by atoms with E-state index in [1.807, 2.05) is 0 Å². The molecule has 0 radical (unpaired) electrons. The molecule has 7 heteroatoms. The van der Waals surface area contributed by atoms with Gasteiger partial charge in [-0.2, -0.15) is 13.2 Å². The summed E-state index contributed by atoms with van der Waals surface area (Å²) in [5, 5.41) is 11.5. The number of furan rings is 1. The monoisotopic (exact) mass is 265 g/mol. The molecule has 0 atom stereocenters. The van der Waals surface area contributed by atoms with E-state index in [1.165, 1.54) is 6.07 Å². The first-order chi connectivity index (χ1) is 8.38. The van der Waals surface area contributed by atoms with Crippen molar-refractivity contribution < 1.29 is 27.5 Å². The molecule has 18 heavy (non-hydrogen) atoms. The molecule has 0 aliphatic heterocycles. The highest BCUT2D eigenvalue weighted by Gasteiger charge is 2.25. The number of alkyl halides is 3. The Morgan fingerprint density at radius 1 is 1.39 bits per heavy atom. The van der Waals surface area contributed by atoms with Gasteiger partial charge in [-0.25, -0.2) is 4.79 Å². The Bertz CT molecular complexity index is 387. The van der Waals surface area contributed by atoms with Gasteiger partial charge in [-0.3, -0.25) is 0 Å². The average Bonchev–Trinajstić information content (AvgIpc) is 2.70. The van der Waals surface area contributed by atoms with E-state index in [0.717, 1.165) is 6.26 Å². The van der Waals surface area contributed by atoms with E-state index in [2.05, 4.69) is 5.32 Å². The molecule has 0 saturated carbocycles. The standard InChI is InChI=1S/C11H14F3NO3/c12-11(13,14)3-1-2-4-15-6-9-5-8(7-18-9)10(16)17/h5,7,15H,1-4,6H2,(H,16,17). The minimum Gasteiger partial charge on any atom is -0.478 e. The number of unbranched alkanes of at least 4 members (excludes halogenated alkanes) is 1. The number of carbonyl (C=O) groups is 1. The van der Waals surface area contributed by atoms with Crippen LogP contribution < -0.4 is 5.32 Å². The molecule has 0 unspecified atom stereocenters. The van der Waals surface area contributed by atoms with E-state index in [0.29, 0.717) is 25.3 Å². The van der Waals surface area contributed by atoms with Crippen LogP contribution in [0.1, 0.15) is 35.4 Å². The Kier molecular flexibility index (Phi) is 5.21. The van der Waals surface area contributed by atoms with E-state index in [4.69, 9.17) is 9.52 Å². The van der Waals surface area contributed by atoms with E-state index < -0.39 is 18.6 Å². The minimum absolute atomic E-state index is 0.0591. The van der Waals surface area contributed by atoms with Crippen LogP contribution in [0.5, 0.6) is 0 Å². The first-order valence-corrected chi connectivity index (χ1v) is 5.46. The smallest absolute Gasteiger partial charge is 0.389 e. The van der Waals surface area contributed by atoms with Crippen LogP contribution >= 0.6 is 0 Å². The summed E-state index contributed by atoms with van der Waals surface area (Å²) in [6.07, 6.45) is -3.26. The van der Waals surface area contributed by atoms with Crippen molar-refractivity contribution in [1.82, 2.24) is 5.32 Å². The SMILES string of the molecule is O=C(O)c1coc(CNCCCCC(F)(F)F)c1. The summed E-state index contributed by atoms with van der Waals surface area (Å²) >= 11 is 0. The van der Waals surface area contributed by atoms with Crippen molar-refractivity contribution in [3.05, 3.63) is 23.7 Å². The van der Waals surface area contributed by atoms with Gasteiger partial charge in [0.25, 0.3) is 0 Å². The fourth-order valence-corrected chi connectivity index (χ4v) is 1.37. The van der Waals surface area contributed by atoms with Gasteiger partial charge < -0.3 is 14.8 Å². The number of rotatable bonds is 7. The fourth-order valence-electron chi connectivity index (χ4n) is 1.37. The Labute approximate surface area is 102 Å². The Balaban J connectivity index is 2.12. The van der Waals surface area contributed by atoms with Crippen LogP contribution in [-0.4, -0.2) is 23.8 Å². The molecular weight excluding hydrogens is 251 g/mol. The highest BCUT2D eigenvalue weighted by Crippen LogP contribution is 2.21. The minimum atomic E-state index is -4.10. The first kappa shape index (κ1) is 14.6. The molecular formula is C11H14F3NO3. The zero-order valence-electron chi connectivity index (χ0n) is 9.59. The van der Waals surface area contributed by atoms with Crippen molar-refractivity contribution in [3.8, 4) is 0 Å². The van der Waals surface area contributed by atoms with Gasteiger partial charge in [0.1, 0.15) is 12.0 Å². The highest BCUT2D eigenvalue weighted by atomic mass is 19.4. The Morgan fingerprint density at radius 3 is 2.67 bits per heavy atom. The molecule has 0 spiro atoms. The summed E-state index contributed by atoms with van der Waals surface area (Å²) in [6, 6.07) is 1.38. The average molecular weight is 265 g/mol. The van der Waals surface area contributed by atoms with Crippen molar-refractivity contribution in [2.45, 2.75) is 32.0 Å². The van der Waals surface area contributed by atoms with Crippen LogP contribution in [0.4, 0.5) is 13.2 Å². The van der Waals surface area contributed by atoms with Crippen LogP contribution in [0.3, 0.4) is 0 Å². The quantitative estimate of drug-likeness (QED) is 0.744. The third kappa shape index (κ3) is 5.72. The molecule has 0 fully saturated rings. The van der Waals surface area contributed by atoms with Crippen molar-refractivity contribution in [1.29, 1.82) is 0 Å². The molecule has 0 aliphatic rings. The lowest BCUT2D eigenvalue weighted by molar-refractivity contribution is -0.135. The summed E-state index contributed by atoms with van der Waals surface area (Å²) in [5.74, 6) is -0.626. The van der Waals surface area contributed by atoms with Crippen LogP contribution in [0.2, 0.25) is 0 Å². The number of nitrogens with one attached hydrogen (secondary N) is 1. The molecule has 0 aromatic carbocycles. The second-order valence-corrected chi connectivity index (χ2v) is 3.86. The summed E-state index contributed by atoms with van der Waals surface area (Å²) in [7, 11) is 0. The number of hydrogen-bond donors (Lipinski definition) is 2. The molecule has 1 rings (SSSR count). The third-order valence-electron chi connectivity index (χ3n) is 2.26. The number of aromatic carboxylic acids is 1. The molecule has 2 N–H and O–H groups in total. The van der Waals surface area contributed by atoms with Crippen LogP contribution in [0, 0.1) is 0 Å². The van der Waals surface area contributed by atoms with Crippen molar-refractivity contribution >= 4 is 5.97 Å². The van der Waals surface area contributed by atoms with Gasteiger partial charge in [0, 0.05) is 6.42 Å². The van der Waals surface area contributed by atoms with E-state index in [-0.39, 0.29) is 12.0 Å². The molecule has 1 aromatic heterocycles. The lowest BCUT2D eigenvalue weighted by atomic mass is 10.2. The zero-order valence-corrected chi connectivity index (χ0v) is 9.59. The lowest BCUT2D eigenvalue weighted by Gasteiger charge is -2.06. The molecule has 1 heterocycles. The molecule has 0 amide bonds. The Hall–Kier alpha value is -1.50. The van der Waals surface area contributed by atoms with Gasteiger partial charge in [-0.05, 0) is 25.5 Å². The molecule has 0 bridgehead atoms. The van der Waals surface area contributed by atoms with Gasteiger partial charge in [0.2, 0.25) is 0 Å². The molecule has 4 nitrogen and oxygen atoms in total. The second kappa shape index (κ2) is 6.44. The van der Waals surface area contributed by atoms with Crippen molar-refractivity contribution in [3.63, 3.8) is 0 Å². The van der Waals surface area contributed by atoms with Gasteiger partial charge in [0.15, 0.2) is 0 Å². The predicted octanol–water partition coefficient (Wildman–Crippen LogP) is 2.80. The van der Waals surface area contributed by atoms with Gasteiger partial charge in [-0.15, -0.1) is 0 Å². The lowest BCUT2D eigenvalue weighted by Crippen LogP contribution is -2.15. The molecule has 102 valence electrons. The molecule has 1 aromatic rings. The maximum absolute atomic E-state index is 11.8. The molecule has 0 aliphatic carbocycles. The summed E-state index contributed by atoms with van der Waals surface area (Å²) < 4.78 is 40.4. The normalized spacial score (nSPS) is 11.7. The summed E-state index contributed by atoms with van der Waals surface area (Å²) in [6.45, 7) is 0.735. The van der Waals surface area contributed by atoms with E-state index >= 15 is 0 Å². The van der Waals surface area contributed by atoms with Gasteiger partial charge in [0.05, 0.1) is 12.1 Å². The van der Waals surface area contributed by atoms with Crippen LogP contribution in [-0.2, 0) is 6.54 Å². The number of carboxylic acids is 1. The molecule has 0 saturated heterocycles. The predicted molar refractivity (Wildman–Crippen MR) is 57.3 cm³/mol. The fraction of sp³-hybridized carbons (Fsp3) is 0.545. The Morgan fingerprint density at radius 2 is 2.11 bits per heavy atom. The largest absolute Gasteiger partial charge is 0.478 e. The van der Waals surface area contributed by atoms with E-state index in [9.17, 15) is 18.0 Å². The number of hydrogen-bond acceptors (Lipinski definition) is 3. The maximum Gasteiger partial charge on any atom is 0.389 e. The third-order valence-corrected chi connectivity index (χ3v) is 2.26. The second-order valence-electron chi connectivity index (χ2n) is 3.86.